The average molecular weight is 369 g/mol. The molecule has 0 nitrogen and oxygen atoms in total. The Morgan fingerprint density at radius 3 is 0.900 bits per heavy atom. The van der Waals surface area contributed by atoms with Crippen molar-refractivity contribution in [3.05, 3.63) is 91.0 Å². The molecular weight excluding hydrogens is 354 g/mol. The predicted octanol–water partition coefficient (Wildman–Crippen LogP) is -0.793. The van der Waals surface area contributed by atoms with E-state index in [0.717, 1.165) is 0 Å². The van der Waals surface area contributed by atoms with E-state index in [1.807, 2.05) is 0 Å². The molecule has 0 fully saturated rings. The fourth-order valence-corrected chi connectivity index (χ4v) is 9.67. The van der Waals surface area contributed by atoms with Gasteiger partial charge in [-0.25, -0.2) is 0 Å². The molecule has 0 aliphatic rings. The summed E-state index contributed by atoms with van der Waals surface area (Å²) in [6.07, 6.45) is 0. The van der Waals surface area contributed by atoms with Crippen molar-refractivity contribution in [3.8, 4) is 0 Å². The molecule has 0 bridgehead atoms. The molecule has 0 spiro atoms. The molecule has 0 heterocycles. The molecule has 0 aliphatic carbocycles. The number of hydrogen-bond donors (Lipinski definition) is 0. The van der Waals surface area contributed by atoms with Gasteiger partial charge in [0.15, 0.2) is 0 Å². The Kier molecular flexibility index (Phi) is 5.36. The van der Waals surface area contributed by atoms with Gasteiger partial charge in [-0.2, -0.15) is 0 Å². The first-order valence-electron chi connectivity index (χ1n) is 6.48. The van der Waals surface area contributed by atoms with E-state index in [1.165, 1.54) is 10.7 Å². The molecule has 0 saturated heterocycles. The van der Waals surface area contributed by atoms with Gasteiger partial charge in [0.25, 0.3) is 0 Å². The van der Waals surface area contributed by atoms with Gasteiger partial charge in [0.1, 0.15) is 0 Å². The van der Waals surface area contributed by atoms with Gasteiger partial charge in [-0.05, 0) is 0 Å². The Morgan fingerprint density at radius 1 is 0.400 bits per heavy atom. The fraction of sp³-hybridized carbons (Fsp3) is 0. The summed E-state index contributed by atoms with van der Waals surface area (Å²) in [5, 5.41) is 0. The normalized spacial score (nSPS) is 9.60. The maximum atomic E-state index is 2.29. The fourth-order valence-electron chi connectivity index (χ4n) is 2.31. The van der Waals surface area contributed by atoms with Crippen LogP contribution < -0.4 is 15.4 Å². The molecule has 3 rings (SSSR count). The van der Waals surface area contributed by atoms with Crippen LogP contribution in [0.1, 0.15) is 0 Å². The van der Waals surface area contributed by atoms with Crippen LogP contribution in [0.4, 0.5) is 0 Å². The predicted molar refractivity (Wildman–Crippen MR) is 84.0 cm³/mol. The maximum absolute atomic E-state index is 2.29. The number of rotatable bonds is 3. The monoisotopic (exact) mass is 370 g/mol. The van der Waals surface area contributed by atoms with Crippen LogP contribution in [0.2, 0.25) is 0 Å². The molecule has 0 saturated carbocycles. The van der Waals surface area contributed by atoms with Crippen molar-refractivity contribution < 1.29 is 4.70 Å². The summed E-state index contributed by atoms with van der Waals surface area (Å²) in [4.78, 5) is 0. The van der Waals surface area contributed by atoms with Crippen molar-refractivity contribution in [2.24, 2.45) is 0 Å². The molecule has 0 N–H and O–H groups in total. The van der Waals surface area contributed by atoms with Crippen LogP contribution in [0.25, 0.3) is 0 Å². The minimum atomic E-state index is -1.98. The Hall–Kier alpha value is -1.61. The third-order valence-electron chi connectivity index (χ3n) is 3.19. The first-order valence-corrected chi connectivity index (χ1v) is 10.8. The van der Waals surface area contributed by atoms with Crippen LogP contribution in [-0.2, 0) is 0 Å². The third-order valence-corrected chi connectivity index (χ3v) is 11.0. The van der Waals surface area contributed by atoms with E-state index in [1.54, 1.807) is 0 Å². The zero-order chi connectivity index (χ0) is 12.9. The molecule has 2 heteroatoms. The van der Waals surface area contributed by atoms with Crippen LogP contribution in [-0.4, -0.2) is 19.8 Å². The second-order valence-corrected chi connectivity index (χ2v) is 11.6. The van der Waals surface area contributed by atoms with Gasteiger partial charge in [0.2, 0.25) is 0 Å². The molecular formula is C18H15FSn. The SMILES string of the molecule is [F-].c1cc[c]([Sn+]([c]2ccccc2)[c]2ccccc2)cc1. The number of benzene rings is 3. The molecule has 3 aromatic carbocycles. The van der Waals surface area contributed by atoms with Crippen LogP contribution in [0.5, 0.6) is 0 Å². The van der Waals surface area contributed by atoms with Crippen molar-refractivity contribution in [1.29, 1.82) is 0 Å². The van der Waals surface area contributed by atoms with Gasteiger partial charge in [-0.1, -0.05) is 0 Å². The van der Waals surface area contributed by atoms with E-state index < -0.39 is 19.8 Å². The van der Waals surface area contributed by atoms with E-state index in [0.29, 0.717) is 0 Å². The molecule has 20 heavy (non-hydrogen) atoms. The molecule has 0 aliphatic heterocycles. The van der Waals surface area contributed by atoms with Gasteiger partial charge in [-0.15, -0.1) is 0 Å². The Balaban J connectivity index is 0.00000147. The Labute approximate surface area is 126 Å². The number of halogens is 1. The summed E-state index contributed by atoms with van der Waals surface area (Å²) < 4.78 is 4.59. The minimum absolute atomic E-state index is 0. The van der Waals surface area contributed by atoms with E-state index >= 15 is 0 Å². The second-order valence-electron chi connectivity index (χ2n) is 4.47. The summed E-state index contributed by atoms with van der Waals surface area (Å²) in [5.74, 6) is 0. The van der Waals surface area contributed by atoms with Gasteiger partial charge >= 0.3 is 121 Å². The molecule has 0 aromatic heterocycles. The van der Waals surface area contributed by atoms with E-state index in [2.05, 4.69) is 91.0 Å². The van der Waals surface area contributed by atoms with Gasteiger partial charge in [-0.3, -0.25) is 0 Å². The average Bonchev–Trinajstić information content (AvgIpc) is 2.51. The summed E-state index contributed by atoms with van der Waals surface area (Å²) in [6.45, 7) is 0. The first-order chi connectivity index (χ1) is 9.45. The summed E-state index contributed by atoms with van der Waals surface area (Å²) in [7, 11) is 0. The van der Waals surface area contributed by atoms with E-state index in [-0.39, 0.29) is 4.70 Å². The second kappa shape index (κ2) is 7.25. The van der Waals surface area contributed by atoms with Gasteiger partial charge in [0.05, 0.1) is 0 Å². The van der Waals surface area contributed by atoms with Crippen LogP contribution >= 0.6 is 0 Å². The quantitative estimate of drug-likeness (QED) is 0.531. The Morgan fingerprint density at radius 2 is 0.650 bits per heavy atom. The summed E-state index contributed by atoms with van der Waals surface area (Å²) in [6, 6.07) is 32.9. The van der Waals surface area contributed by atoms with Gasteiger partial charge in [0, 0.05) is 0 Å². The van der Waals surface area contributed by atoms with Crippen molar-refractivity contribution in [1.82, 2.24) is 0 Å². The van der Waals surface area contributed by atoms with Crippen molar-refractivity contribution in [2.45, 2.75) is 0 Å². The standard InChI is InChI=1S/3C6H5.FH.Sn/c3*1-2-4-6-5-3-1;;/h3*1-5H;1H;/q;;;;+1/p-1. The molecule has 0 amide bonds. The summed E-state index contributed by atoms with van der Waals surface area (Å²) in [5.41, 5.74) is 0. The first kappa shape index (κ1) is 14.8. The molecule has 3 aromatic rings. The summed E-state index contributed by atoms with van der Waals surface area (Å²) >= 11 is -1.98. The molecule has 0 radical (unpaired) electrons. The van der Waals surface area contributed by atoms with Crippen molar-refractivity contribution in [3.63, 3.8) is 0 Å². The van der Waals surface area contributed by atoms with Gasteiger partial charge < -0.3 is 4.70 Å². The molecule has 0 atom stereocenters. The molecule has 98 valence electrons. The van der Waals surface area contributed by atoms with Crippen LogP contribution in [0, 0.1) is 0 Å². The Bertz CT molecular complexity index is 529. The van der Waals surface area contributed by atoms with Crippen LogP contribution in [0.3, 0.4) is 0 Å². The zero-order valence-electron chi connectivity index (χ0n) is 11.0. The third kappa shape index (κ3) is 3.28. The van der Waals surface area contributed by atoms with E-state index in [9.17, 15) is 0 Å². The van der Waals surface area contributed by atoms with E-state index in [4.69, 9.17) is 0 Å². The number of hydrogen-bond acceptors (Lipinski definition) is 0. The topological polar surface area (TPSA) is 0 Å². The molecule has 0 unspecified atom stereocenters. The van der Waals surface area contributed by atoms with Crippen molar-refractivity contribution >= 4 is 30.5 Å². The zero-order valence-corrected chi connectivity index (χ0v) is 13.9. The van der Waals surface area contributed by atoms with Crippen molar-refractivity contribution in [2.75, 3.05) is 0 Å². The van der Waals surface area contributed by atoms with Crippen LogP contribution in [0.15, 0.2) is 91.0 Å².